The van der Waals surface area contributed by atoms with Crippen molar-refractivity contribution in [2.45, 2.75) is 19.5 Å². The Labute approximate surface area is 199 Å². The minimum atomic E-state index is -0.0103. The number of carbonyl (C=O) groups is 1. The van der Waals surface area contributed by atoms with Gasteiger partial charge in [-0.05, 0) is 30.2 Å². The molecule has 0 aliphatic carbocycles. The van der Waals surface area contributed by atoms with Crippen LogP contribution >= 0.6 is 0 Å². The van der Waals surface area contributed by atoms with Crippen LogP contribution in [0, 0.1) is 6.92 Å². The van der Waals surface area contributed by atoms with Gasteiger partial charge in [0.15, 0.2) is 5.43 Å². The van der Waals surface area contributed by atoms with Crippen LogP contribution in [-0.2, 0) is 11.3 Å². The van der Waals surface area contributed by atoms with Crippen LogP contribution < -0.4 is 5.43 Å². The molecule has 3 aromatic carbocycles. The van der Waals surface area contributed by atoms with Crippen LogP contribution in [0.3, 0.4) is 0 Å². The van der Waals surface area contributed by atoms with Crippen LogP contribution in [0.1, 0.15) is 22.7 Å². The minimum absolute atomic E-state index is 0.0103. The number of benzene rings is 3. The third kappa shape index (κ3) is 4.52. The number of fused-ring (bicyclic) bond motifs is 1. The molecular formula is C29H29N3O2. The Morgan fingerprint density at radius 1 is 0.824 bits per heavy atom. The van der Waals surface area contributed by atoms with Crippen molar-refractivity contribution in [3.63, 3.8) is 0 Å². The summed E-state index contributed by atoms with van der Waals surface area (Å²) in [5.41, 5.74) is 4.37. The van der Waals surface area contributed by atoms with Gasteiger partial charge in [0.2, 0.25) is 5.91 Å². The molecule has 5 heteroatoms. The van der Waals surface area contributed by atoms with Crippen molar-refractivity contribution in [1.29, 1.82) is 0 Å². The highest BCUT2D eigenvalue weighted by Gasteiger charge is 2.28. The minimum Gasteiger partial charge on any atom is -0.339 e. The Morgan fingerprint density at radius 2 is 1.44 bits per heavy atom. The van der Waals surface area contributed by atoms with E-state index in [-0.39, 0.29) is 23.9 Å². The first-order valence-corrected chi connectivity index (χ1v) is 11.8. The second kappa shape index (κ2) is 9.65. The summed E-state index contributed by atoms with van der Waals surface area (Å²) in [6, 6.07) is 28.7. The molecule has 0 bridgehead atoms. The highest BCUT2D eigenvalue weighted by Crippen LogP contribution is 2.29. The van der Waals surface area contributed by atoms with E-state index in [0.717, 1.165) is 24.2 Å². The first kappa shape index (κ1) is 22.1. The molecule has 0 unspecified atom stereocenters. The maximum absolute atomic E-state index is 13.2. The van der Waals surface area contributed by atoms with Gasteiger partial charge in [0.05, 0.1) is 11.6 Å². The number of aromatic nitrogens is 1. The SMILES string of the molecule is Cc1ccc2c(c1)c(=O)ccn2CC(=O)N1CCN(C(c2ccccc2)c2ccccc2)CC1. The van der Waals surface area contributed by atoms with Crippen LogP contribution in [0.25, 0.3) is 10.9 Å². The second-order valence-electron chi connectivity index (χ2n) is 8.97. The largest absolute Gasteiger partial charge is 0.339 e. The number of piperazine rings is 1. The number of hydrogen-bond acceptors (Lipinski definition) is 3. The van der Waals surface area contributed by atoms with E-state index >= 15 is 0 Å². The van der Waals surface area contributed by atoms with Gasteiger partial charge in [-0.15, -0.1) is 0 Å². The Balaban J connectivity index is 1.31. The van der Waals surface area contributed by atoms with Gasteiger partial charge in [-0.3, -0.25) is 14.5 Å². The summed E-state index contributed by atoms with van der Waals surface area (Å²) in [4.78, 5) is 29.9. The van der Waals surface area contributed by atoms with Gasteiger partial charge in [0.1, 0.15) is 6.54 Å². The molecule has 0 spiro atoms. The molecule has 1 aromatic heterocycles. The van der Waals surface area contributed by atoms with Gasteiger partial charge in [-0.25, -0.2) is 0 Å². The maximum Gasteiger partial charge on any atom is 0.242 e. The molecule has 1 aliphatic rings. The summed E-state index contributed by atoms with van der Waals surface area (Å²) >= 11 is 0. The quantitative estimate of drug-likeness (QED) is 0.456. The number of aryl methyl sites for hydroxylation is 1. The fourth-order valence-electron chi connectivity index (χ4n) is 4.92. The maximum atomic E-state index is 13.2. The molecule has 1 saturated heterocycles. The summed E-state index contributed by atoms with van der Waals surface area (Å²) in [6.07, 6.45) is 1.73. The van der Waals surface area contributed by atoms with E-state index in [0.29, 0.717) is 18.5 Å². The summed E-state index contributed by atoms with van der Waals surface area (Å²) in [5, 5.41) is 0.661. The zero-order valence-electron chi connectivity index (χ0n) is 19.4. The summed E-state index contributed by atoms with van der Waals surface area (Å²) < 4.78 is 1.89. The number of hydrogen-bond donors (Lipinski definition) is 0. The van der Waals surface area contributed by atoms with Gasteiger partial charge in [0, 0.05) is 43.8 Å². The summed E-state index contributed by atoms with van der Waals surface area (Å²) in [5.74, 6) is 0.0844. The van der Waals surface area contributed by atoms with Crippen LogP contribution in [0.4, 0.5) is 0 Å². The fourth-order valence-corrected chi connectivity index (χ4v) is 4.92. The molecule has 1 aliphatic heterocycles. The third-order valence-corrected chi connectivity index (χ3v) is 6.70. The van der Waals surface area contributed by atoms with Gasteiger partial charge < -0.3 is 9.47 Å². The van der Waals surface area contributed by atoms with Crippen LogP contribution in [0.2, 0.25) is 0 Å². The molecule has 0 saturated carbocycles. The van der Waals surface area contributed by atoms with Crippen molar-refractivity contribution in [2.24, 2.45) is 0 Å². The lowest BCUT2D eigenvalue weighted by Crippen LogP contribution is -2.50. The zero-order chi connectivity index (χ0) is 23.5. The van der Waals surface area contributed by atoms with E-state index in [1.54, 1.807) is 12.3 Å². The van der Waals surface area contributed by atoms with Crippen LogP contribution in [0.15, 0.2) is 95.9 Å². The number of carbonyl (C=O) groups excluding carboxylic acids is 1. The summed E-state index contributed by atoms with van der Waals surface area (Å²) in [6.45, 7) is 5.20. The monoisotopic (exact) mass is 451 g/mol. The normalized spacial score (nSPS) is 14.6. The number of nitrogens with zero attached hydrogens (tertiary/aromatic N) is 3. The highest BCUT2D eigenvalue weighted by atomic mass is 16.2. The molecule has 172 valence electrons. The Hall–Kier alpha value is -3.70. The van der Waals surface area contributed by atoms with E-state index in [4.69, 9.17) is 0 Å². The molecule has 1 fully saturated rings. The van der Waals surface area contributed by atoms with Gasteiger partial charge in [0.25, 0.3) is 0 Å². The molecule has 1 amide bonds. The van der Waals surface area contributed by atoms with E-state index < -0.39 is 0 Å². The van der Waals surface area contributed by atoms with Crippen molar-refractivity contribution in [3.05, 3.63) is 118 Å². The molecule has 34 heavy (non-hydrogen) atoms. The molecule has 0 N–H and O–H groups in total. The molecule has 2 heterocycles. The first-order valence-electron chi connectivity index (χ1n) is 11.8. The average Bonchev–Trinajstić information content (AvgIpc) is 2.88. The standard InChI is InChI=1S/C29H29N3O2/c1-22-12-13-26-25(20-22)27(33)14-15-32(26)21-28(34)30-16-18-31(19-17-30)29(23-8-4-2-5-9-23)24-10-6-3-7-11-24/h2-15,20,29H,16-19,21H2,1H3. The second-order valence-corrected chi connectivity index (χ2v) is 8.97. The number of pyridine rings is 1. The molecular weight excluding hydrogens is 422 g/mol. The first-order chi connectivity index (χ1) is 16.6. The van der Waals surface area contributed by atoms with Crippen molar-refractivity contribution >= 4 is 16.8 Å². The average molecular weight is 452 g/mol. The molecule has 5 nitrogen and oxygen atoms in total. The smallest absolute Gasteiger partial charge is 0.242 e. The van der Waals surface area contributed by atoms with Gasteiger partial charge in [-0.1, -0.05) is 72.3 Å². The van der Waals surface area contributed by atoms with Gasteiger partial charge in [-0.2, -0.15) is 0 Å². The lowest BCUT2D eigenvalue weighted by molar-refractivity contribution is -0.133. The van der Waals surface area contributed by atoms with Crippen molar-refractivity contribution < 1.29 is 4.79 Å². The third-order valence-electron chi connectivity index (χ3n) is 6.70. The topological polar surface area (TPSA) is 45.6 Å². The van der Waals surface area contributed by atoms with Crippen molar-refractivity contribution in [2.75, 3.05) is 26.2 Å². The van der Waals surface area contributed by atoms with Crippen molar-refractivity contribution in [3.8, 4) is 0 Å². The Bertz CT molecular complexity index is 1300. The van der Waals surface area contributed by atoms with Crippen LogP contribution in [0.5, 0.6) is 0 Å². The van der Waals surface area contributed by atoms with E-state index in [9.17, 15) is 9.59 Å². The summed E-state index contributed by atoms with van der Waals surface area (Å²) in [7, 11) is 0. The molecule has 4 aromatic rings. The van der Waals surface area contributed by atoms with Crippen LogP contribution in [-0.4, -0.2) is 46.5 Å². The predicted octanol–water partition coefficient (Wildman–Crippen LogP) is 4.24. The Kier molecular flexibility index (Phi) is 6.28. The van der Waals surface area contributed by atoms with E-state index in [2.05, 4.69) is 53.4 Å². The number of rotatable bonds is 5. The zero-order valence-corrected chi connectivity index (χ0v) is 19.4. The van der Waals surface area contributed by atoms with Gasteiger partial charge >= 0.3 is 0 Å². The lowest BCUT2D eigenvalue weighted by atomic mass is 9.96. The molecule has 5 rings (SSSR count). The molecule has 0 radical (unpaired) electrons. The highest BCUT2D eigenvalue weighted by molar-refractivity contribution is 5.82. The fraction of sp³-hybridized carbons (Fsp3) is 0.241. The lowest BCUT2D eigenvalue weighted by Gasteiger charge is -2.40. The van der Waals surface area contributed by atoms with E-state index in [1.165, 1.54) is 11.1 Å². The van der Waals surface area contributed by atoms with Crippen molar-refractivity contribution in [1.82, 2.24) is 14.4 Å². The van der Waals surface area contributed by atoms with E-state index in [1.807, 2.05) is 46.7 Å². The predicted molar refractivity (Wildman–Crippen MR) is 136 cm³/mol. The number of amides is 1. The molecule has 0 atom stereocenters. The Morgan fingerprint density at radius 3 is 2.06 bits per heavy atom.